The Morgan fingerprint density at radius 2 is 2.00 bits per heavy atom. The van der Waals surface area contributed by atoms with Crippen molar-refractivity contribution in [2.24, 2.45) is 0 Å². The van der Waals surface area contributed by atoms with Crippen LogP contribution in [0.2, 0.25) is 0 Å². The van der Waals surface area contributed by atoms with Crippen molar-refractivity contribution < 1.29 is 13.6 Å². The zero-order valence-electron chi connectivity index (χ0n) is 8.11. The maximum Gasteiger partial charge on any atom is 0.352 e. The molecule has 0 saturated carbocycles. The van der Waals surface area contributed by atoms with Gasteiger partial charge in [0.1, 0.15) is 0 Å². The number of alkyl halides is 1. The zero-order valence-corrected chi connectivity index (χ0v) is 10.6. The van der Waals surface area contributed by atoms with Gasteiger partial charge in [0.2, 0.25) is 0 Å². The third-order valence-electron chi connectivity index (χ3n) is 1.54. The average molecular weight is 245 g/mol. The largest absolute Gasteiger partial charge is 0.352 e. The number of allylic oxidation sites excluding steroid dienone is 2. The van der Waals surface area contributed by atoms with E-state index in [0.717, 1.165) is 4.91 Å². The standard InChI is InChI=1S/C7H14ClO3PS/c1-5-6(13-4)7(8)12(9,10-2)11-3/h5,7H,1-4H3/b6-5-. The summed E-state index contributed by atoms with van der Waals surface area (Å²) in [6.07, 6.45) is 3.66. The van der Waals surface area contributed by atoms with Crippen LogP contribution in [0.4, 0.5) is 0 Å². The molecule has 0 amide bonds. The van der Waals surface area contributed by atoms with Gasteiger partial charge in [0.15, 0.2) is 5.12 Å². The predicted molar refractivity (Wildman–Crippen MR) is 58.5 cm³/mol. The Morgan fingerprint density at radius 1 is 1.54 bits per heavy atom. The summed E-state index contributed by atoms with van der Waals surface area (Å²) < 4.78 is 21.3. The first-order valence-electron chi connectivity index (χ1n) is 3.61. The molecule has 0 aliphatic carbocycles. The first-order valence-corrected chi connectivity index (χ1v) is 6.88. The summed E-state index contributed by atoms with van der Waals surface area (Å²) in [6.45, 7) is 1.83. The van der Waals surface area contributed by atoms with Crippen molar-refractivity contribution >= 4 is 31.0 Å². The predicted octanol–water partition coefficient (Wildman–Crippen LogP) is 3.30. The molecule has 3 nitrogen and oxygen atoms in total. The molecule has 78 valence electrons. The van der Waals surface area contributed by atoms with Crippen LogP contribution in [0.1, 0.15) is 6.92 Å². The van der Waals surface area contributed by atoms with Crippen molar-refractivity contribution in [3.05, 3.63) is 11.0 Å². The third kappa shape index (κ3) is 3.30. The van der Waals surface area contributed by atoms with E-state index >= 15 is 0 Å². The molecule has 0 aromatic carbocycles. The number of rotatable bonds is 5. The Balaban J connectivity index is 4.74. The summed E-state index contributed by atoms with van der Waals surface area (Å²) in [6, 6.07) is 0. The number of hydrogen-bond acceptors (Lipinski definition) is 4. The Morgan fingerprint density at radius 3 is 2.23 bits per heavy atom. The maximum atomic E-state index is 11.8. The highest BCUT2D eigenvalue weighted by atomic mass is 35.5. The fourth-order valence-electron chi connectivity index (χ4n) is 0.768. The number of thioether (sulfide) groups is 1. The van der Waals surface area contributed by atoms with Gasteiger partial charge in [0, 0.05) is 19.1 Å². The fourth-order valence-corrected chi connectivity index (χ4v) is 3.75. The molecule has 0 bridgehead atoms. The van der Waals surface area contributed by atoms with Crippen LogP contribution in [0.3, 0.4) is 0 Å². The normalized spacial score (nSPS) is 15.9. The van der Waals surface area contributed by atoms with Crippen LogP contribution in [0, 0.1) is 0 Å². The smallest absolute Gasteiger partial charge is 0.311 e. The fraction of sp³-hybridized carbons (Fsp3) is 0.714. The van der Waals surface area contributed by atoms with E-state index in [1.165, 1.54) is 26.0 Å². The Bertz CT molecular complexity index is 224. The molecule has 1 unspecified atom stereocenters. The molecule has 0 aromatic heterocycles. The van der Waals surface area contributed by atoms with Gasteiger partial charge in [-0.05, 0) is 13.2 Å². The molecule has 0 fully saturated rings. The average Bonchev–Trinajstić information content (AvgIpc) is 2.18. The van der Waals surface area contributed by atoms with E-state index in [2.05, 4.69) is 0 Å². The molecule has 0 aliphatic heterocycles. The molecule has 0 saturated heterocycles. The van der Waals surface area contributed by atoms with Crippen LogP contribution in [-0.4, -0.2) is 25.6 Å². The lowest BCUT2D eigenvalue weighted by Crippen LogP contribution is -2.05. The van der Waals surface area contributed by atoms with Crippen LogP contribution < -0.4 is 0 Å². The molecule has 0 rings (SSSR count). The summed E-state index contributed by atoms with van der Waals surface area (Å²) in [5.74, 6) is 0. The van der Waals surface area contributed by atoms with E-state index in [0.29, 0.717) is 0 Å². The van der Waals surface area contributed by atoms with Gasteiger partial charge in [-0.1, -0.05) is 6.08 Å². The number of hydrogen-bond donors (Lipinski definition) is 0. The second-order valence-electron chi connectivity index (χ2n) is 2.14. The molecular formula is C7H14ClO3PS. The molecule has 0 N–H and O–H groups in total. The van der Waals surface area contributed by atoms with Gasteiger partial charge in [-0.3, -0.25) is 4.57 Å². The van der Waals surface area contributed by atoms with E-state index < -0.39 is 12.7 Å². The molecule has 0 aromatic rings. The van der Waals surface area contributed by atoms with E-state index in [-0.39, 0.29) is 0 Å². The highest BCUT2D eigenvalue weighted by Gasteiger charge is 2.34. The van der Waals surface area contributed by atoms with Gasteiger partial charge in [-0.15, -0.1) is 23.4 Å². The lowest BCUT2D eigenvalue weighted by molar-refractivity contribution is 0.276. The van der Waals surface area contributed by atoms with Crippen LogP contribution in [0.25, 0.3) is 0 Å². The molecule has 1 atom stereocenters. The summed E-state index contributed by atoms with van der Waals surface area (Å²) in [5.41, 5.74) is 0. The van der Waals surface area contributed by atoms with Crippen LogP contribution in [-0.2, 0) is 13.6 Å². The second-order valence-corrected chi connectivity index (χ2v) is 6.08. The summed E-state index contributed by atoms with van der Waals surface area (Å²) >= 11 is 7.38. The third-order valence-corrected chi connectivity index (χ3v) is 5.59. The highest BCUT2D eigenvalue weighted by molar-refractivity contribution is 8.02. The van der Waals surface area contributed by atoms with Gasteiger partial charge in [0.05, 0.1) is 0 Å². The van der Waals surface area contributed by atoms with Gasteiger partial charge in [-0.2, -0.15) is 0 Å². The van der Waals surface area contributed by atoms with Gasteiger partial charge in [-0.25, -0.2) is 0 Å². The molecule has 0 aliphatic rings. The molecule has 0 heterocycles. The van der Waals surface area contributed by atoms with E-state index in [4.69, 9.17) is 20.6 Å². The van der Waals surface area contributed by atoms with E-state index in [1.54, 1.807) is 6.08 Å². The lowest BCUT2D eigenvalue weighted by atomic mass is 10.6. The Labute approximate surface area is 88.4 Å². The molecular weight excluding hydrogens is 231 g/mol. The van der Waals surface area contributed by atoms with Crippen molar-refractivity contribution in [1.29, 1.82) is 0 Å². The SMILES string of the molecule is C/C=C(\SC)C(Cl)P(=O)(OC)OC. The minimum Gasteiger partial charge on any atom is -0.311 e. The molecule has 6 heteroatoms. The Kier molecular flexibility index (Phi) is 6.34. The first-order chi connectivity index (χ1) is 6.05. The van der Waals surface area contributed by atoms with Crippen molar-refractivity contribution in [2.45, 2.75) is 12.0 Å². The van der Waals surface area contributed by atoms with Crippen LogP contribution >= 0.6 is 31.0 Å². The topological polar surface area (TPSA) is 35.5 Å². The van der Waals surface area contributed by atoms with Crippen molar-refractivity contribution in [3.63, 3.8) is 0 Å². The highest BCUT2D eigenvalue weighted by Crippen LogP contribution is 2.57. The van der Waals surface area contributed by atoms with Crippen molar-refractivity contribution in [2.75, 3.05) is 20.5 Å². The first kappa shape index (κ1) is 13.5. The monoisotopic (exact) mass is 244 g/mol. The zero-order chi connectivity index (χ0) is 10.5. The summed E-state index contributed by atoms with van der Waals surface area (Å²) in [5, 5.41) is -0.720. The van der Waals surface area contributed by atoms with Gasteiger partial charge in [0.25, 0.3) is 0 Å². The van der Waals surface area contributed by atoms with E-state index in [1.807, 2.05) is 13.2 Å². The maximum absolute atomic E-state index is 11.8. The number of halogens is 1. The molecule has 13 heavy (non-hydrogen) atoms. The Hall–Kier alpha value is 0.530. The minimum absolute atomic E-state index is 0.720. The molecule has 0 radical (unpaired) electrons. The van der Waals surface area contributed by atoms with Crippen molar-refractivity contribution in [1.82, 2.24) is 0 Å². The quantitative estimate of drug-likeness (QED) is 0.549. The van der Waals surface area contributed by atoms with E-state index in [9.17, 15) is 4.57 Å². The minimum atomic E-state index is -3.19. The van der Waals surface area contributed by atoms with Crippen LogP contribution in [0.15, 0.2) is 11.0 Å². The van der Waals surface area contributed by atoms with Gasteiger partial charge >= 0.3 is 7.60 Å². The van der Waals surface area contributed by atoms with Gasteiger partial charge < -0.3 is 9.05 Å². The molecule has 0 spiro atoms. The van der Waals surface area contributed by atoms with Crippen LogP contribution in [0.5, 0.6) is 0 Å². The lowest BCUT2D eigenvalue weighted by Gasteiger charge is -2.20. The summed E-state index contributed by atoms with van der Waals surface area (Å²) in [7, 11) is -0.532. The summed E-state index contributed by atoms with van der Waals surface area (Å²) in [4.78, 5) is 0.786. The van der Waals surface area contributed by atoms with Crippen molar-refractivity contribution in [3.8, 4) is 0 Å². The second kappa shape index (κ2) is 6.10.